The van der Waals surface area contributed by atoms with Crippen LogP contribution in [0.2, 0.25) is 0 Å². The summed E-state index contributed by atoms with van der Waals surface area (Å²) in [5.74, 6) is 0.917. The second-order valence-electron chi connectivity index (χ2n) is 6.00. The Hall–Kier alpha value is -0.940. The lowest BCUT2D eigenvalue weighted by Gasteiger charge is -2.33. The van der Waals surface area contributed by atoms with Crippen molar-refractivity contribution in [1.29, 1.82) is 0 Å². The maximum absolute atomic E-state index is 5.28. The van der Waals surface area contributed by atoms with E-state index in [2.05, 4.69) is 47.6 Å². The standard InChI is InChI=1S/C13H22N4S/c1-13(2,3)10-9-11(18)15-12(14-10)17-7-5-16(4)6-8-17/h9H,5-8H2,1-4H3,(H,14,15,18). The summed E-state index contributed by atoms with van der Waals surface area (Å²) in [6, 6.07) is 1.97. The van der Waals surface area contributed by atoms with Gasteiger partial charge in [-0.1, -0.05) is 33.0 Å². The molecule has 0 atom stereocenters. The molecule has 100 valence electrons. The molecule has 1 fully saturated rings. The molecule has 0 bridgehead atoms. The second kappa shape index (κ2) is 4.97. The molecule has 0 unspecified atom stereocenters. The molecule has 1 aromatic rings. The van der Waals surface area contributed by atoms with Gasteiger partial charge in [0.2, 0.25) is 5.95 Å². The van der Waals surface area contributed by atoms with E-state index < -0.39 is 0 Å². The highest BCUT2D eigenvalue weighted by molar-refractivity contribution is 7.71. The van der Waals surface area contributed by atoms with Crippen LogP contribution in [-0.2, 0) is 5.41 Å². The summed E-state index contributed by atoms with van der Waals surface area (Å²) in [5.41, 5.74) is 1.22. The van der Waals surface area contributed by atoms with E-state index in [9.17, 15) is 0 Å². The monoisotopic (exact) mass is 266 g/mol. The minimum atomic E-state index is 0.0673. The normalized spacial score (nSPS) is 18.1. The zero-order valence-corrected chi connectivity index (χ0v) is 12.5. The molecule has 0 spiro atoms. The third-order valence-electron chi connectivity index (χ3n) is 3.34. The molecule has 0 aromatic carbocycles. The Morgan fingerprint density at radius 2 is 1.83 bits per heavy atom. The number of H-pyrrole nitrogens is 1. The molecular formula is C13H22N4S. The Kier molecular flexibility index (Phi) is 3.73. The third kappa shape index (κ3) is 3.09. The lowest BCUT2D eigenvalue weighted by molar-refractivity contribution is 0.311. The molecule has 0 saturated carbocycles. The lowest BCUT2D eigenvalue weighted by atomic mass is 9.92. The average molecular weight is 266 g/mol. The summed E-state index contributed by atoms with van der Waals surface area (Å²) >= 11 is 5.28. The fraction of sp³-hybridized carbons (Fsp3) is 0.692. The van der Waals surface area contributed by atoms with Gasteiger partial charge in [-0.05, 0) is 13.1 Å². The fourth-order valence-corrected chi connectivity index (χ4v) is 2.22. The van der Waals surface area contributed by atoms with E-state index in [-0.39, 0.29) is 5.41 Å². The number of anilines is 1. The first-order valence-electron chi connectivity index (χ1n) is 6.41. The van der Waals surface area contributed by atoms with Gasteiger partial charge < -0.3 is 14.8 Å². The number of aromatic nitrogens is 2. The van der Waals surface area contributed by atoms with Crippen LogP contribution in [-0.4, -0.2) is 48.1 Å². The highest BCUT2D eigenvalue weighted by atomic mass is 32.1. The van der Waals surface area contributed by atoms with Gasteiger partial charge in [-0.2, -0.15) is 0 Å². The zero-order valence-electron chi connectivity index (χ0n) is 11.7. The number of nitrogens with zero attached hydrogens (tertiary/aromatic N) is 3. The maximum Gasteiger partial charge on any atom is 0.204 e. The van der Waals surface area contributed by atoms with Gasteiger partial charge in [-0.15, -0.1) is 0 Å². The van der Waals surface area contributed by atoms with Crippen molar-refractivity contribution in [3.8, 4) is 0 Å². The van der Waals surface area contributed by atoms with E-state index in [0.29, 0.717) is 4.64 Å². The fourth-order valence-electron chi connectivity index (χ4n) is 2.02. The van der Waals surface area contributed by atoms with Crippen molar-refractivity contribution >= 4 is 18.2 Å². The Balaban J connectivity index is 2.28. The van der Waals surface area contributed by atoms with Gasteiger partial charge in [0, 0.05) is 37.3 Å². The van der Waals surface area contributed by atoms with E-state index in [4.69, 9.17) is 12.2 Å². The van der Waals surface area contributed by atoms with Gasteiger partial charge in [-0.25, -0.2) is 4.98 Å². The summed E-state index contributed by atoms with van der Waals surface area (Å²) in [7, 11) is 2.15. The number of aromatic amines is 1. The summed E-state index contributed by atoms with van der Waals surface area (Å²) in [4.78, 5) is 12.5. The van der Waals surface area contributed by atoms with Crippen LogP contribution in [0.5, 0.6) is 0 Å². The molecule has 4 nitrogen and oxygen atoms in total. The minimum absolute atomic E-state index is 0.0673. The molecule has 2 heterocycles. The number of nitrogens with one attached hydrogen (secondary N) is 1. The molecule has 2 rings (SSSR count). The van der Waals surface area contributed by atoms with E-state index >= 15 is 0 Å². The second-order valence-corrected chi connectivity index (χ2v) is 6.42. The molecule has 1 aromatic heterocycles. The molecule has 1 aliphatic rings. The van der Waals surface area contributed by atoms with Crippen molar-refractivity contribution in [1.82, 2.24) is 14.9 Å². The topological polar surface area (TPSA) is 35.2 Å². The minimum Gasteiger partial charge on any atom is -0.340 e. The maximum atomic E-state index is 5.28. The molecule has 18 heavy (non-hydrogen) atoms. The average Bonchev–Trinajstić information content (AvgIpc) is 2.28. The van der Waals surface area contributed by atoms with E-state index in [1.807, 2.05) is 6.07 Å². The van der Waals surface area contributed by atoms with E-state index in [1.54, 1.807) is 0 Å². The van der Waals surface area contributed by atoms with Crippen molar-refractivity contribution in [2.24, 2.45) is 0 Å². The highest BCUT2D eigenvalue weighted by Crippen LogP contribution is 2.22. The van der Waals surface area contributed by atoms with Gasteiger partial charge in [0.05, 0.1) is 0 Å². The van der Waals surface area contributed by atoms with Crippen molar-refractivity contribution in [2.45, 2.75) is 26.2 Å². The van der Waals surface area contributed by atoms with Crippen LogP contribution in [0, 0.1) is 4.64 Å². The summed E-state index contributed by atoms with van der Waals surface area (Å²) < 4.78 is 0.674. The quantitative estimate of drug-likeness (QED) is 0.790. The molecule has 1 aliphatic heterocycles. The largest absolute Gasteiger partial charge is 0.340 e. The molecule has 1 N–H and O–H groups in total. The van der Waals surface area contributed by atoms with Crippen molar-refractivity contribution in [2.75, 3.05) is 38.1 Å². The molecule has 0 aliphatic carbocycles. The van der Waals surface area contributed by atoms with Crippen LogP contribution in [0.3, 0.4) is 0 Å². The molecule has 0 radical (unpaired) electrons. The Morgan fingerprint density at radius 3 is 2.39 bits per heavy atom. The summed E-state index contributed by atoms with van der Waals surface area (Å²) in [5, 5.41) is 0. The highest BCUT2D eigenvalue weighted by Gasteiger charge is 2.19. The lowest BCUT2D eigenvalue weighted by Crippen LogP contribution is -2.45. The molecule has 1 saturated heterocycles. The number of piperazine rings is 1. The van der Waals surface area contributed by atoms with Crippen LogP contribution >= 0.6 is 12.2 Å². The van der Waals surface area contributed by atoms with Gasteiger partial charge in [0.15, 0.2) is 0 Å². The summed E-state index contributed by atoms with van der Waals surface area (Å²) in [6.45, 7) is 10.7. The molecule has 5 heteroatoms. The zero-order chi connectivity index (χ0) is 13.3. The van der Waals surface area contributed by atoms with Gasteiger partial charge >= 0.3 is 0 Å². The first-order valence-corrected chi connectivity index (χ1v) is 6.82. The van der Waals surface area contributed by atoms with Gasteiger partial charge in [0.1, 0.15) is 4.64 Å². The number of likely N-dealkylation sites (N-methyl/N-ethyl adjacent to an activating group) is 1. The molecular weight excluding hydrogens is 244 g/mol. The van der Waals surface area contributed by atoms with Crippen LogP contribution in [0.25, 0.3) is 0 Å². The van der Waals surface area contributed by atoms with Gasteiger partial charge in [0.25, 0.3) is 0 Å². The van der Waals surface area contributed by atoms with Crippen LogP contribution in [0.15, 0.2) is 6.07 Å². The summed E-state index contributed by atoms with van der Waals surface area (Å²) in [6.07, 6.45) is 0. The Labute approximate surface area is 114 Å². The van der Waals surface area contributed by atoms with Crippen molar-refractivity contribution < 1.29 is 0 Å². The third-order valence-corrected chi connectivity index (χ3v) is 3.55. The number of hydrogen-bond acceptors (Lipinski definition) is 4. The number of hydrogen-bond donors (Lipinski definition) is 1. The molecule has 0 amide bonds. The van der Waals surface area contributed by atoms with Crippen LogP contribution in [0.4, 0.5) is 5.95 Å². The van der Waals surface area contributed by atoms with Crippen LogP contribution in [0.1, 0.15) is 26.5 Å². The Bertz CT molecular complexity index is 467. The predicted octanol–water partition coefficient (Wildman–Crippen LogP) is 2.19. The van der Waals surface area contributed by atoms with Gasteiger partial charge in [-0.3, -0.25) is 0 Å². The Morgan fingerprint density at radius 1 is 1.22 bits per heavy atom. The van der Waals surface area contributed by atoms with E-state index in [0.717, 1.165) is 37.8 Å². The number of rotatable bonds is 1. The van der Waals surface area contributed by atoms with Crippen molar-refractivity contribution in [3.63, 3.8) is 0 Å². The SMILES string of the molecule is CN1CCN(c2nc(=S)cc(C(C)(C)C)[nH]2)CC1. The predicted molar refractivity (Wildman–Crippen MR) is 77.8 cm³/mol. The first-order chi connectivity index (χ1) is 8.36. The smallest absolute Gasteiger partial charge is 0.204 e. The first kappa shape index (κ1) is 13.5. The van der Waals surface area contributed by atoms with Crippen molar-refractivity contribution in [3.05, 3.63) is 16.4 Å². The van der Waals surface area contributed by atoms with Crippen LogP contribution < -0.4 is 4.90 Å². The van der Waals surface area contributed by atoms with E-state index in [1.165, 1.54) is 0 Å².